The summed E-state index contributed by atoms with van der Waals surface area (Å²) in [7, 11) is 3.08. The lowest BCUT2D eigenvalue weighted by molar-refractivity contribution is -0.119. The molecular formula is C37H37Cl2N7O6. The summed E-state index contributed by atoms with van der Waals surface area (Å²) >= 11 is 14.2. The topological polar surface area (TPSA) is 152 Å². The lowest BCUT2D eigenvalue weighted by Gasteiger charge is -2.43. The van der Waals surface area contributed by atoms with E-state index in [1.807, 2.05) is 54.0 Å². The van der Waals surface area contributed by atoms with Crippen LogP contribution in [0.1, 0.15) is 31.0 Å². The Morgan fingerprint density at radius 1 is 1.06 bits per heavy atom. The van der Waals surface area contributed by atoms with Crippen LogP contribution in [0.2, 0.25) is 10.0 Å². The largest absolute Gasteiger partial charge is 0.493 e. The average Bonchev–Trinajstić information content (AvgIpc) is 3.74. The molecule has 0 unspecified atom stereocenters. The van der Waals surface area contributed by atoms with Crippen LogP contribution in [0.5, 0.6) is 11.6 Å². The number of halogens is 2. The fraction of sp³-hybridized carbons (Fsp3) is 0.324. The van der Waals surface area contributed by atoms with E-state index in [1.54, 1.807) is 25.4 Å². The van der Waals surface area contributed by atoms with Crippen LogP contribution >= 0.6 is 23.2 Å². The maximum atomic E-state index is 12.3. The number of pyridine rings is 3. The first-order chi connectivity index (χ1) is 25.0. The number of carbonyl (C=O) groups excluding carboxylic acids is 2. The summed E-state index contributed by atoms with van der Waals surface area (Å²) < 4.78 is 18.5. The number of ether oxygens (including phenoxy) is 3. The number of alkyl carbamates (subject to hydrolysis) is 1. The molecule has 52 heavy (non-hydrogen) atoms. The van der Waals surface area contributed by atoms with E-state index in [4.69, 9.17) is 42.4 Å². The molecule has 3 N–H and O–H groups in total. The number of aliphatic hydroxyl groups is 1. The average molecular weight is 747 g/mol. The molecule has 4 aromatic heterocycles. The fourth-order valence-corrected chi connectivity index (χ4v) is 7.31. The summed E-state index contributed by atoms with van der Waals surface area (Å²) in [6, 6.07) is 12.7. The second-order valence-corrected chi connectivity index (χ2v) is 14.0. The Hall–Kier alpha value is -4.95. The van der Waals surface area contributed by atoms with Crippen molar-refractivity contribution in [3.63, 3.8) is 0 Å². The van der Waals surface area contributed by atoms with E-state index in [-0.39, 0.29) is 31.0 Å². The second-order valence-electron chi connectivity index (χ2n) is 13.2. The number of rotatable bonds is 11. The van der Waals surface area contributed by atoms with Crippen LogP contribution in [-0.2, 0) is 22.7 Å². The van der Waals surface area contributed by atoms with Crippen LogP contribution in [0, 0.1) is 0 Å². The zero-order valence-electron chi connectivity index (χ0n) is 28.8. The number of hydrogen-bond acceptors (Lipinski definition) is 10. The van der Waals surface area contributed by atoms with Gasteiger partial charge >= 0.3 is 6.09 Å². The number of likely N-dealkylation sites (tertiary alicyclic amines) is 1. The van der Waals surface area contributed by atoms with Crippen molar-refractivity contribution in [1.82, 2.24) is 34.9 Å². The van der Waals surface area contributed by atoms with Gasteiger partial charge in [0.25, 0.3) is 0 Å². The highest BCUT2D eigenvalue weighted by atomic mass is 35.5. The highest BCUT2D eigenvalue weighted by Gasteiger charge is 2.36. The van der Waals surface area contributed by atoms with E-state index >= 15 is 0 Å². The molecule has 2 fully saturated rings. The van der Waals surface area contributed by atoms with Gasteiger partial charge in [0.15, 0.2) is 11.4 Å². The Balaban J connectivity index is 1.11. The predicted octanol–water partition coefficient (Wildman–Crippen LogP) is 5.52. The van der Waals surface area contributed by atoms with Crippen molar-refractivity contribution >= 4 is 40.8 Å². The minimum absolute atomic E-state index is 0.0229. The maximum Gasteiger partial charge on any atom is 0.407 e. The fourth-order valence-electron chi connectivity index (χ4n) is 6.66. The van der Waals surface area contributed by atoms with Gasteiger partial charge in [-0.15, -0.1) is 0 Å². The molecule has 0 radical (unpaired) electrons. The maximum absolute atomic E-state index is 12.3. The Morgan fingerprint density at radius 3 is 2.58 bits per heavy atom. The lowest BCUT2D eigenvalue weighted by Crippen LogP contribution is -2.59. The van der Waals surface area contributed by atoms with Gasteiger partial charge in [-0.2, -0.15) is 0 Å². The molecule has 15 heteroatoms. The van der Waals surface area contributed by atoms with Crippen LogP contribution in [0.4, 0.5) is 4.79 Å². The number of nitrogens with one attached hydrogen (secondary N) is 2. The Kier molecular flexibility index (Phi) is 9.94. The molecule has 0 aliphatic carbocycles. The minimum atomic E-state index is -0.665. The molecule has 1 aromatic carbocycles. The highest BCUT2D eigenvalue weighted by molar-refractivity contribution is 6.39. The number of imidazole rings is 1. The first-order valence-electron chi connectivity index (χ1n) is 16.7. The van der Waals surface area contributed by atoms with Crippen molar-refractivity contribution in [1.29, 1.82) is 0 Å². The smallest absolute Gasteiger partial charge is 0.407 e. The van der Waals surface area contributed by atoms with Gasteiger partial charge in [0.05, 0.1) is 52.5 Å². The molecule has 0 bridgehead atoms. The monoisotopic (exact) mass is 745 g/mol. The van der Waals surface area contributed by atoms with Gasteiger partial charge in [-0.05, 0) is 37.6 Å². The normalized spacial score (nSPS) is 16.7. The van der Waals surface area contributed by atoms with E-state index < -0.39 is 11.7 Å². The summed E-state index contributed by atoms with van der Waals surface area (Å²) in [5.74, 6) is 0.823. The number of benzene rings is 1. The summed E-state index contributed by atoms with van der Waals surface area (Å²) in [6.45, 7) is 3.84. The third-order valence-electron chi connectivity index (χ3n) is 9.10. The predicted molar refractivity (Wildman–Crippen MR) is 195 cm³/mol. The van der Waals surface area contributed by atoms with E-state index in [9.17, 15) is 14.7 Å². The van der Waals surface area contributed by atoms with E-state index in [0.717, 1.165) is 11.3 Å². The Bertz CT molecular complexity index is 2170. The second kappa shape index (κ2) is 14.6. The molecular weight excluding hydrogens is 709 g/mol. The first kappa shape index (κ1) is 35.5. The first-order valence-corrected chi connectivity index (χ1v) is 17.5. The number of β-amino-alcohol motifs (C(OH)–C–C–N with tert-alkyl or cyclic N) is 1. The third kappa shape index (κ3) is 7.35. The molecule has 13 nitrogen and oxygen atoms in total. The number of methoxy groups -OCH3 is 2. The number of aromatic nitrogens is 4. The molecule has 2 aliphatic heterocycles. The van der Waals surface area contributed by atoms with Gasteiger partial charge in [0.2, 0.25) is 11.8 Å². The molecule has 270 valence electrons. The van der Waals surface area contributed by atoms with E-state index in [2.05, 4.69) is 25.5 Å². The number of amides is 2. The van der Waals surface area contributed by atoms with Crippen LogP contribution in [-0.4, -0.2) is 86.9 Å². The van der Waals surface area contributed by atoms with Gasteiger partial charge in [0.1, 0.15) is 6.61 Å². The van der Waals surface area contributed by atoms with Crippen LogP contribution in [0.15, 0.2) is 61.1 Å². The quantitative estimate of drug-likeness (QED) is 0.158. The molecule has 7 rings (SSSR count). The molecule has 0 saturated carbocycles. The van der Waals surface area contributed by atoms with Crippen LogP contribution < -0.4 is 20.1 Å². The Morgan fingerprint density at radius 2 is 1.85 bits per heavy atom. The lowest BCUT2D eigenvalue weighted by atomic mass is 9.97. The van der Waals surface area contributed by atoms with Crippen molar-refractivity contribution in [2.75, 3.05) is 33.9 Å². The molecule has 6 heterocycles. The minimum Gasteiger partial charge on any atom is -0.493 e. The third-order valence-corrected chi connectivity index (χ3v) is 9.89. The SMILES string of the molecule is COc1nc(-c2cccc(-c3ccnc(-c4cc(OC)c5nc(CN6CC(C)(O)C6)cn5c4)c3Cl)c2Cl)ccc1COC(=O)NC[C@@H]1CCC(=O)N1. The van der Waals surface area contributed by atoms with Crippen molar-refractivity contribution < 1.29 is 28.9 Å². The van der Waals surface area contributed by atoms with E-state index in [1.165, 1.54) is 7.11 Å². The summed E-state index contributed by atoms with van der Waals surface area (Å²) in [4.78, 5) is 39.9. The summed E-state index contributed by atoms with van der Waals surface area (Å²) in [5, 5.41) is 16.4. The molecule has 5 aromatic rings. The van der Waals surface area contributed by atoms with Gasteiger partial charge in [0, 0.05) is 79.5 Å². The van der Waals surface area contributed by atoms with Crippen molar-refractivity contribution in [3.05, 3.63) is 82.4 Å². The molecule has 2 aliphatic rings. The number of hydrogen-bond donors (Lipinski definition) is 3. The van der Waals surface area contributed by atoms with E-state index in [0.29, 0.717) is 87.6 Å². The van der Waals surface area contributed by atoms with Gasteiger partial charge in [-0.1, -0.05) is 41.4 Å². The van der Waals surface area contributed by atoms with Gasteiger partial charge < -0.3 is 34.4 Å². The van der Waals surface area contributed by atoms with Crippen molar-refractivity contribution in [2.45, 2.75) is 44.6 Å². The number of fused-ring (bicyclic) bond motifs is 1. The standard InChI is InChI=1S/C37H37Cl2N7O6/c1-37(49)19-45(20-37)16-24-17-46-15-22(13-29(50-2)34(46)43-24)33-32(39)26(11-12-40-33)25-5-4-6-27(31(25)38)28-9-7-21(35(44-28)51-3)18-52-36(48)41-14-23-8-10-30(47)42-23/h4-7,9,11-13,15,17,23,49H,8,10,14,16,18-20H2,1-3H3,(H,41,48)(H,42,47)/t23-/m0/s1. The molecule has 2 amide bonds. The molecule has 0 spiro atoms. The molecule has 2 saturated heterocycles. The van der Waals surface area contributed by atoms with Crippen molar-refractivity contribution in [2.24, 2.45) is 0 Å². The number of nitrogens with zero attached hydrogens (tertiary/aromatic N) is 5. The summed E-state index contributed by atoms with van der Waals surface area (Å²) in [6.07, 6.45) is 6.05. The van der Waals surface area contributed by atoms with Crippen LogP contribution in [0.3, 0.4) is 0 Å². The van der Waals surface area contributed by atoms with Gasteiger partial charge in [-0.25, -0.2) is 14.8 Å². The summed E-state index contributed by atoms with van der Waals surface area (Å²) in [5.41, 5.74) is 5.23. The van der Waals surface area contributed by atoms with Gasteiger partial charge in [-0.3, -0.25) is 14.7 Å². The zero-order chi connectivity index (χ0) is 36.6. The Labute approximate surface area is 309 Å². The zero-order valence-corrected chi connectivity index (χ0v) is 30.3. The highest BCUT2D eigenvalue weighted by Crippen LogP contribution is 2.42. The molecule has 1 atom stereocenters. The van der Waals surface area contributed by atoms with Crippen LogP contribution in [0.25, 0.3) is 39.3 Å². The number of carbonyl (C=O) groups is 2. The van der Waals surface area contributed by atoms with Crippen molar-refractivity contribution in [3.8, 4) is 45.3 Å².